The Morgan fingerprint density at radius 1 is 1.27 bits per heavy atom. The van der Waals surface area contributed by atoms with Gasteiger partial charge in [-0.15, -0.1) is 0 Å². The minimum Gasteiger partial charge on any atom is -0.339 e. The molecule has 1 N–H and O–H groups in total. The van der Waals surface area contributed by atoms with E-state index in [1.807, 2.05) is 6.20 Å². The number of imidazole rings is 1. The van der Waals surface area contributed by atoms with Gasteiger partial charge in [-0.1, -0.05) is 40.6 Å². The summed E-state index contributed by atoms with van der Waals surface area (Å²) in [5, 5.41) is 0.965. The fraction of sp³-hybridized carbons (Fsp3) is 0.182. The Hall–Kier alpha value is -0.870. The maximum absolute atomic E-state index is 4.15. The van der Waals surface area contributed by atoms with Crippen LogP contribution in [0.15, 0.2) is 41.8 Å². The Morgan fingerprint density at radius 2 is 2.07 bits per heavy atom. The number of nitrogens with one attached hydrogen (secondary N) is 1. The van der Waals surface area contributed by atoms with Crippen molar-refractivity contribution in [3.8, 4) is 0 Å². The van der Waals surface area contributed by atoms with Crippen molar-refractivity contribution < 1.29 is 0 Å². The molecule has 1 heterocycles. The van der Waals surface area contributed by atoms with Gasteiger partial charge in [0.25, 0.3) is 0 Å². The largest absolute Gasteiger partial charge is 0.339 e. The van der Waals surface area contributed by atoms with Gasteiger partial charge in [0.15, 0.2) is 5.16 Å². The zero-order valence-electron chi connectivity index (χ0n) is 8.43. The van der Waals surface area contributed by atoms with Crippen LogP contribution in [0.3, 0.4) is 0 Å². The number of rotatable bonds is 4. The van der Waals surface area contributed by atoms with Crippen molar-refractivity contribution in [2.45, 2.75) is 17.8 Å². The topological polar surface area (TPSA) is 28.7 Å². The molecule has 0 saturated heterocycles. The van der Waals surface area contributed by atoms with Crippen LogP contribution in [-0.2, 0) is 5.75 Å². The fourth-order valence-corrected chi connectivity index (χ4v) is 3.05. The second-order valence-electron chi connectivity index (χ2n) is 3.23. The van der Waals surface area contributed by atoms with Gasteiger partial charge in [-0.05, 0) is 23.3 Å². The number of hydrogen-bond acceptors (Lipinski definition) is 3. The molecule has 0 aliphatic heterocycles. The van der Waals surface area contributed by atoms with Crippen molar-refractivity contribution in [3.63, 3.8) is 0 Å². The van der Waals surface area contributed by atoms with E-state index in [-0.39, 0.29) is 0 Å². The molecule has 0 fully saturated rings. The number of H-pyrrole nitrogens is 1. The summed E-state index contributed by atoms with van der Waals surface area (Å²) in [7, 11) is 3.47. The first kappa shape index (κ1) is 10.6. The van der Waals surface area contributed by atoms with Gasteiger partial charge in [0.05, 0.1) is 0 Å². The molecule has 1 aromatic carbocycles. The highest BCUT2D eigenvalue weighted by molar-refractivity contribution is 8.76. The van der Waals surface area contributed by atoms with E-state index in [9.17, 15) is 0 Å². The van der Waals surface area contributed by atoms with E-state index in [0.717, 1.165) is 10.9 Å². The summed E-state index contributed by atoms with van der Waals surface area (Å²) in [6.07, 6.45) is 3.61. The smallest absolute Gasteiger partial charge is 0.176 e. The van der Waals surface area contributed by atoms with Gasteiger partial charge >= 0.3 is 0 Å². The summed E-state index contributed by atoms with van der Waals surface area (Å²) in [5.74, 6) is 1.01. The van der Waals surface area contributed by atoms with Gasteiger partial charge in [-0.2, -0.15) is 0 Å². The first-order valence-corrected chi connectivity index (χ1v) is 7.01. The lowest BCUT2D eigenvalue weighted by Gasteiger charge is -1.99. The van der Waals surface area contributed by atoms with Crippen LogP contribution in [0.4, 0.5) is 0 Å². The van der Waals surface area contributed by atoms with Gasteiger partial charge in [0.1, 0.15) is 0 Å². The molecular weight excluding hydrogens is 224 g/mol. The Bertz CT molecular complexity index is 395. The summed E-state index contributed by atoms with van der Waals surface area (Å²) >= 11 is 0. The first-order valence-electron chi connectivity index (χ1n) is 4.69. The molecule has 0 radical (unpaired) electrons. The molecule has 0 atom stereocenters. The predicted molar refractivity (Wildman–Crippen MR) is 66.9 cm³/mol. The lowest BCUT2D eigenvalue weighted by molar-refractivity contribution is 1.07. The van der Waals surface area contributed by atoms with E-state index < -0.39 is 0 Å². The number of benzene rings is 1. The lowest BCUT2D eigenvalue weighted by Crippen LogP contribution is -1.79. The van der Waals surface area contributed by atoms with E-state index in [4.69, 9.17) is 0 Å². The quantitative estimate of drug-likeness (QED) is 0.821. The molecule has 78 valence electrons. The average molecular weight is 236 g/mol. The summed E-state index contributed by atoms with van der Waals surface area (Å²) in [6, 6.07) is 8.64. The van der Waals surface area contributed by atoms with Crippen LogP contribution in [0.25, 0.3) is 0 Å². The third-order valence-corrected chi connectivity index (χ3v) is 4.09. The highest BCUT2D eigenvalue weighted by Crippen LogP contribution is 2.30. The molecule has 2 rings (SSSR count). The van der Waals surface area contributed by atoms with Gasteiger partial charge in [0, 0.05) is 18.1 Å². The van der Waals surface area contributed by atoms with E-state index in [1.165, 1.54) is 11.1 Å². The third-order valence-electron chi connectivity index (χ3n) is 1.96. The van der Waals surface area contributed by atoms with Crippen molar-refractivity contribution in [2.75, 3.05) is 0 Å². The van der Waals surface area contributed by atoms with Crippen LogP contribution in [-0.4, -0.2) is 9.97 Å². The van der Waals surface area contributed by atoms with Gasteiger partial charge in [-0.25, -0.2) is 4.98 Å². The molecule has 0 saturated carbocycles. The maximum Gasteiger partial charge on any atom is 0.176 e. The van der Waals surface area contributed by atoms with Gasteiger partial charge in [0.2, 0.25) is 0 Å². The maximum atomic E-state index is 4.15. The van der Waals surface area contributed by atoms with Gasteiger partial charge < -0.3 is 4.98 Å². The van der Waals surface area contributed by atoms with Crippen LogP contribution in [0, 0.1) is 6.92 Å². The molecule has 15 heavy (non-hydrogen) atoms. The van der Waals surface area contributed by atoms with Crippen molar-refractivity contribution in [2.24, 2.45) is 0 Å². The normalized spacial score (nSPS) is 10.5. The molecule has 0 aliphatic carbocycles. The fourth-order valence-electron chi connectivity index (χ4n) is 1.13. The Labute approximate surface area is 97.3 Å². The summed E-state index contributed by atoms with van der Waals surface area (Å²) in [4.78, 5) is 7.21. The number of nitrogens with zero attached hydrogens (tertiary/aromatic N) is 1. The van der Waals surface area contributed by atoms with Crippen molar-refractivity contribution in [1.82, 2.24) is 9.97 Å². The number of hydrogen-bond donors (Lipinski definition) is 1. The summed E-state index contributed by atoms with van der Waals surface area (Å²) < 4.78 is 0. The Morgan fingerprint density at radius 3 is 2.73 bits per heavy atom. The molecule has 4 heteroatoms. The van der Waals surface area contributed by atoms with E-state index >= 15 is 0 Å². The standard InChI is InChI=1S/C11H12N2S2/c1-9-2-4-10(5-3-9)8-14-15-11-12-6-7-13-11/h2-7H,8H2,1H3,(H,12,13). The monoisotopic (exact) mass is 236 g/mol. The van der Waals surface area contributed by atoms with Crippen LogP contribution < -0.4 is 0 Å². The summed E-state index contributed by atoms with van der Waals surface area (Å²) in [6.45, 7) is 2.11. The molecule has 1 aromatic heterocycles. The van der Waals surface area contributed by atoms with Crippen LogP contribution in [0.5, 0.6) is 0 Å². The predicted octanol–water partition coefficient (Wildman–Crippen LogP) is 3.66. The second kappa shape index (κ2) is 5.28. The van der Waals surface area contributed by atoms with E-state index in [2.05, 4.69) is 41.2 Å². The SMILES string of the molecule is Cc1ccc(CSSc2ncc[nH]2)cc1. The lowest BCUT2D eigenvalue weighted by atomic mass is 10.2. The Kier molecular flexibility index (Phi) is 3.75. The average Bonchev–Trinajstić information content (AvgIpc) is 2.74. The van der Waals surface area contributed by atoms with Gasteiger partial charge in [-0.3, -0.25) is 0 Å². The van der Waals surface area contributed by atoms with Crippen molar-refractivity contribution in [3.05, 3.63) is 47.8 Å². The summed E-state index contributed by atoms with van der Waals surface area (Å²) in [5.41, 5.74) is 2.66. The second-order valence-corrected chi connectivity index (χ2v) is 5.51. The van der Waals surface area contributed by atoms with Crippen molar-refractivity contribution >= 4 is 21.6 Å². The van der Waals surface area contributed by atoms with Crippen LogP contribution >= 0.6 is 21.6 Å². The first-order chi connectivity index (χ1) is 7.34. The number of aromatic nitrogens is 2. The number of aromatic amines is 1. The van der Waals surface area contributed by atoms with E-state index in [0.29, 0.717) is 0 Å². The molecular formula is C11H12N2S2. The van der Waals surface area contributed by atoms with Crippen LogP contribution in [0.1, 0.15) is 11.1 Å². The third kappa shape index (κ3) is 3.32. The highest BCUT2D eigenvalue weighted by Gasteiger charge is 1.97. The minimum atomic E-state index is 0.965. The molecule has 0 bridgehead atoms. The molecule has 2 nitrogen and oxygen atoms in total. The zero-order chi connectivity index (χ0) is 10.5. The molecule has 0 unspecified atom stereocenters. The van der Waals surface area contributed by atoms with E-state index in [1.54, 1.807) is 27.8 Å². The molecule has 0 aliphatic rings. The van der Waals surface area contributed by atoms with Crippen molar-refractivity contribution in [1.29, 1.82) is 0 Å². The molecule has 0 spiro atoms. The molecule has 2 aromatic rings. The van der Waals surface area contributed by atoms with Crippen LogP contribution in [0.2, 0.25) is 0 Å². The number of aryl methyl sites for hydroxylation is 1. The minimum absolute atomic E-state index is 0.965. The highest BCUT2D eigenvalue weighted by atomic mass is 33.1. The zero-order valence-corrected chi connectivity index (χ0v) is 10.1. The molecule has 0 amide bonds. The Balaban J connectivity index is 1.81.